The van der Waals surface area contributed by atoms with Crippen LogP contribution in [0.5, 0.6) is 0 Å². The molecule has 1 aliphatic heterocycles. The number of alkyl halides is 3. The Labute approximate surface area is 175 Å². The van der Waals surface area contributed by atoms with Crippen LogP contribution >= 0.6 is 0 Å². The molecule has 1 aliphatic rings. The van der Waals surface area contributed by atoms with Crippen LogP contribution in [0.4, 0.5) is 19.0 Å². The van der Waals surface area contributed by atoms with Crippen molar-refractivity contribution in [3.63, 3.8) is 0 Å². The largest absolute Gasteiger partial charge is 0.434 e. The maximum Gasteiger partial charge on any atom is 0.434 e. The van der Waals surface area contributed by atoms with Gasteiger partial charge in [-0.3, -0.25) is 9.08 Å². The molecular formula is C20H19F3N8. The van der Waals surface area contributed by atoms with E-state index in [2.05, 4.69) is 29.9 Å². The van der Waals surface area contributed by atoms with Crippen LogP contribution in [0.2, 0.25) is 0 Å². The lowest BCUT2D eigenvalue weighted by Crippen LogP contribution is -2.35. The Bertz CT molecular complexity index is 1230. The van der Waals surface area contributed by atoms with Gasteiger partial charge in [0, 0.05) is 50.3 Å². The summed E-state index contributed by atoms with van der Waals surface area (Å²) in [6.45, 7) is 1.63. The van der Waals surface area contributed by atoms with E-state index in [1.807, 2.05) is 23.9 Å². The summed E-state index contributed by atoms with van der Waals surface area (Å²) in [6.07, 6.45) is 4.42. The number of aryl methyl sites for hydroxylation is 1. The lowest BCUT2D eigenvalue weighted by Gasteiger charge is -2.33. The Morgan fingerprint density at radius 3 is 2.71 bits per heavy atom. The average molecular weight is 428 g/mol. The first-order chi connectivity index (χ1) is 14.9. The molecule has 1 saturated heterocycles. The number of rotatable bonds is 3. The quantitative estimate of drug-likeness (QED) is 0.498. The van der Waals surface area contributed by atoms with Crippen molar-refractivity contribution in [3.8, 4) is 11.5 Å². The van der Waals surface area contributed by atoms with Crippen molar-refractivity contribution in [1.82, 2.24) is 34.1 Å². The van der Waals surface area contributed by atoms with Gasteiger partial charge in [-0.05, 0) is 25.0 Å². The van der Waals surface area contributed by atoms with Crippen LogP contribution in [-0.4, -0.2) is 47.2 Å². The summed E-state index contributed by atoms with van der Waals surface area (Å²) in [5.74, 6) is 1.37. The number of aromatic nitrogens is 7. The Hall–Kier alpha value is -3.50. The van der Waals surface area contributed by atoms with E-state index in [-0.39, 0.29) is 0 Å². The molecule has 0 amide bonds. The first kappa shape index (κ1) is 19.5. The number of hydrogen-bond donors (Lipinski definition) is 0. The molecule has 1 fully saturated rings. The van der Waals surface area contributed by atoms with E-state index in [4.69, 9.17) is 0 Å². The Morgan fingerprint density at radius 2 is 1.94 bits per heavy atom. The first-order valence-corrected chi connectivity index (χ1v) is 9.87. The topological polar surface area (TPSA) is 77.0 Å². The SMILES string of the molecule is Cn1nccc1C1CCCN(c2ccnc(-c3cnc4cnc(C(F)(F)F)cn34)n2)C1. The maximum atomic E-state index is 13.1. The number of imidazole rings is 1. The molecule has 0 saturated carbocycles. The summed E-state index contributed by atoms with van der Waals surface area (Å²) in [5, 5.41) is 4.27. The number of anilines is 1. The third-order valence-electron chi connectivity index (χ3n) is 5.58. The zero-order valence-corrected chi connectivity index (χ0v) is 16.7. The van der Waals surface area contributed by atoms with Crippen LogP contribution in [-0.2, 0) is 13.2 Å². The van der Waals surface area contributed by atoms with Gasteiger partial charge in [0.15, 0.2) is 17.2 Å². The molecule has 0 aliphatic carbocycles. The third-order valence-corrected chi connectivity index (χ3v) is 5.58. The maximum absolute atomic E-state index is 13.1. The summed E-state index contributed by atoms with van der Waals surface area (Å²) in [6, 6.07) is 3.85. The fourth-order valence-electron chi connectivity index (χ4n) is 4.06. The monoisotopic (exact) mass is 428 g/mol. The Kier molecular flexibility index (Phi) is 4.60. The molecule has 0 bridgehead atoms. The zero-order chi connectivity index (χ0) is 21.6. The minimum Gasteiger partial charge on any atom is -0.356 e. The summed E-state index contributed by atoms with van der Waals surface area (Å²) in [4.78, 5) is 18.7. The minimum atomic E-state index is -4.55. The standard InChI is InChI=1S/C20H19F3N8/c1-29-14(4-7-27-29)13-3-2-8-30(11-13)17-5-6-24-19(28-17)15-9-26-18-10-25-16(12-31(15)18)20(21,22)23/h4-7,9-10,12-13H,2-3,8,11H2,1H3. The van der Waals surface area contributed by atoms with Crippen molar-refractivity contribution in [2.24, 2.45) is 7.05 Å². The second-order valence-electron chi connectivity index (χ2n) is 7.55. The van der Waals surface area contributed by atoms with Gasteiger partial charge in [-0.25, -0.2) is 19.9 Å². The molecule has 0 aromatic carbocycles. The van der Waals surface area contributed by atoms with Crippen LogP contribution < -0.4 is 4.90 Å². The fraction of sp³-hybridized carbons (Fsp3) is 0.350. The lowest BCUT2D eigenvalue weighted by atomic mass is 9.94. The zero-order valence-electron chi connectivity index (χ0n) is 16.7. The molecule has 0 N–H and O–H groups in total. The first-order valence-electron chi connectivity index (χ1n) is 9.87. The normalized spacial score (nSPS) is 17.4. The number of halogens is 3. The van der Waals surface area contributed by atoms with E-state index >= 15 is 0 Å². The number of nitrogens with zero attached hydrogens (tertiary/aromatic N) is 8. The molecule has 31 heavy (non-hydrogen) atoms. The van der Waals surface area contributed by atoms with Crippen molar-refractivity contribution in [2.75, 3.05) is 18.0 Å². The van der Waals surface area contributed by atoms with Gasteiger partial charge in [-0.15, -0.1) is 0 Å². The van der Waals surface area contributed by atoms with Crippen LogP contribution in [0, 0.1) is 0 Å². The number of hydrogen-bond acceptors (Lipinski definition) is 6. The predicted octanol–water partition coefficient (Wildman–Crippen LogP) is 3.32. The van der Waals surface area contributed by atoms with Gasteiger partial charge in [0.2, 0.25) is 0 Å². The highest BCUT2D eigenvalue weighted by Crippen LogP contribution is 2.31. The lowest BCUT2D eigenvalue weighted by molar-refractivity contribution is -0.141. The highest BCUT2D eigenvalue weighted by atomic mass is 19.4. The molecule has 8 nitrogen and oxygen atoms in total. The molecule has 4 aromatic rings. The van der Waals surface area contributed by atoms with E-state index in [0.717, 1.165) is 44.1 Å². The Balaban J connectivity index is 1.47. The number of piperidine rings is 1. The van der Waals surface area contributed by atoms with Crippen LogP contribution in [0.3, 0.4) is 0 Å². The van der Waals surface area contributed by atoms with Gasteiger partial charge in [-0.2, -0.15) is 18.3 Å². The molecule has 1 atom stereocenters. The van der Waals surface area contributed by atoms with Crippen LogP contribution in [0.1, 0.15) is 30.1 Å². The van der Waals surface area contributed by atoms with Crippen molar-refractivity contribution in [1.29, 1.82) is 0 Å². The van der Waals surface area contributed by atoms with Crippen LogP contribution in [0.15, 0.2) is 43.1 Å². The molecule has 160 valence electrons. The molecule has 0 spiro atoms. The third kappa shape index (κ3) is 3.60. The van der Waals surface area contributed by atoms with Crippen molar-refractivity contribution in [2.45, 2.75) is 24.9 Å². The highest BCUT2D eigenvalue weighted by molar-refractivity contribution is 5.58. The van der Waals surface area contributed by atoms with E-state index < -0.39 is 11.9 Å². The highest BCUT2D eigenvalue weighted by Gasteiger charge is 2.33. The van der Waals surface area contributed by atoms with E-state index in [9.17, 15) is 13.2 Å². The van der Waals surface area contributed by atoms with Crippen molar-refractivity contribution in [3.05, 3.63) is 54.5 Å². The van der Waals surface area contributed by atoms with E-state index in [1.54, 1.807) is 12.4 Å². The molecule has 5 rings (SSSR count). The molecule has 4 aromatic heterocycles. The molecule has 1 unspecified atom stereocenters. The molecule has 5 heterocycles. The van der Waals surface area contributed by atoms with Crippen molar-refractivity contribution >= 4 is 11.5 Å². The fourth-order valence-corrected chi connectivity index (χ4v) is 4.06. The van der Waals surface area contributed by atoms with Gasteiger partial charge >= 0.3 is 6.18 Å². The summed E-state index contributed by atoms with van der Waals surface area (Å²) >= 11 is 0. The van der Waals surface area contributed by atoms with Gasteiger partial charge in [-0.1, -0.05) is 0 Å². The average Bonchev–Trinajstić information content (AvgIpc) is 3.39. The summed E-state index contributed by atoms with van der Waals surface area (Å²) in [5.41, 5.74) is 0.856. The molecular weight excluding hydrogens is 409 g/mol. The van der Waals surface area contributed by atoms with Gasteiger partial charge in [0.1, 0.15) is 11.5 Å². The van der Waals surface area contributed by atoms with Crippen LogP contribution in [0.25, 0.3) is 17.2 Å². The van der Waals surface area contributed by atoms with Gasteiger partial charge < -0.3 is 4.90 Å². The number of fused-ring (bicyclic) bond motifs is 1. The molecule has 11 heteroatoms. The van der Waals surface area contributed by atoms with Gasteiger partial charge in [0.25, 0.3) is 0 Å². The second kappa shape index (κ2) is 7.33. The summed E-state index contributed by atoms with van der Waals surface area (Å²) < 4.78 is 42.5. The minimum absolute atomic E-state index is 0.297. The second-order valence-corrected chi connectivity index (χ2v) is 7.55. The predicted molar refractivity (Wildman–Crippen MR) is 106 cm³/mol. The van der Waals surface area contributed by atoms with E-state index in [1.165, 1.54) is 16.3 Å². The van der Waals surface area contributed by atoms with Gasteiger partial charge in [0.05, 0.1) is 12.4 Å². The summed E-state index contributed by atoms with van der Waals surface area (Å²) in [7, 11) is 1.94. The smallest absolute Gasteiger partial charge is 0.356 e. The Morgan fingerprint density at radius 1 is 1.06 bits per heavy atom. The molecule has 0 radical (unpaired) electrons. The van der Waals surface area contributed by atoms with Crippen molar-refractivity contribution < 1.29 is 13.2 Å². The van der Waals surface area contributed by atoms with E-state index in [0.29, 0.717) is 23.1 Å².